The van der Waals surface area contributed by atoms with Crippen molar-refractivity contribution in [3.63, 3.8) is 0 Å². The monoisotopic (exact) mass is 426 g/mol. The molecule has 32 heavy (non-hydrogen) atoms. The number of aryl methyl sites for hydroxylation is 1. The smallest absolute Gasteiger partial charge is 0.254 e. The molecule has 0 spiro atoms. The molecule has 0 bridgehead atoms. The van der Waals surface area contributed by atoms with E-state index in [0.29, 0.717) is 37.6 Å². The number of carbonyl (C=O) groups excluding carboxylic acids is 1. The van der Waals surface area contributed by atoms with E-state index in [4.69, 9.17) is 0 Å². The average molecular weight is 426 g/mol. The molecule has 9 heteroatoms. The lowest BCUT2D eigenvalue weighted by Crippen LogP contribution is -2.49. The van der Waals surface area contributed by atoms with Crippen molar-refractivity contribution in [3.05, 3.63) is 72.2 Å². The van der Waals surface area contributed by atoms with Crippen LogP contribution in [0.2, 0.25) is 0 Å². The molecule has 1 aromatic carbocycles. The second-order valence-corrected chi connectivity index (χ2v) is 7.66. The quantitative estimate of drug-likeness (QED) is 0.532. The lowest BCUT2D eigenvalue weighted by Gasteiger charge is -2.35. The van der Waals surface area contributed by atoms with Crippen LogP contribution in [0, 0.1) is 6.92 Å². The summed E-state index contributed by atoms with van der Waals surface area (Å²) in [5, 5.41) is 11.8. The van der Waals surface area contributed by atoms with Crippen molar-refractivity contribution in [3.8, 4) is 0 Å². The predicted molar refractivity (Wildman–Crippen MR) is 122 cm³/mol. The third kappa shape index (κ3) is 4.18. The minimum Gasteiger partial charge on any atom is -0.352 e. The van der Waals surface area contributed by atoms with Crippen molar-refractivity contribution < 1.29 is 4.79 Å². The zero-order chi connectivity index (χ0) is 21.9. The molecule has 1 saturated heterocycles. The standard InChI is InChI=1S/C23H22N8O/c1-16-2-5-20(26-15-16)27-21-6-7-22(29-28-21)30-10-12-31(13-11-30)23(32)17-3-4-18-19(14-17)25-9-8-24-18/h2-9,14-15H,10-13H2,1H3,(H,26,27,28). The molecule has 1 aliphatic heterocycles. The molecule has 160 valence electrons. The maximum absolute atomic E-state index is 12.9. The van der Waals surface area contributed by atoms with Crippen LogP contribution in [0.25, 0.3) is 11.0 Å². The number of carbonyl (C=O) groups is 1. The van der Waals surface area contributed by atoms with E-state index in [-0.39, 0.29) is 5.91 Å². The molecular weight excluding hydrogens is 404 g/mol. The van der Waals surface area contributed by atoms with Crippen LogP contribution in [0.5, 0.6) is 0 Å². The Morgan fingerprint density at radius 1 is 0.844 bits per heavy atom. The third-order valence-corrected chi connectivity index (χ3v) is 5.43. The van der Waals surface area contributed by atoms with Gasteiger partial charge in [-0.1, -0.05) is 6.07 Å². The summed E-state index contributed by atoms with van der Waals surface area (Å²) in [6, 6.07) is 13.2. The number of benzene rings is 1. The van der Waals surface area contributed by atoms with Gasteiger partial charge in [-0.25, -0.2) is 4.98 Å². The van der Waals surface area contributed by atoms with E-state index in [1.165, 1.54) is 0 Å². The molecule has 1 aliphatic rings. The molecule has 4 aromatic rings. The number of nitrogens with one attached hydrogen (secondary N) is 1. The first-order valence-electron chi connectivity index (χ1n) is 10.4. The Morgan fingerprint density at radius 2 is 1.62 bits per heavy atom. The normalized spacial score (nSPS) is 13.9. The van der Waals surface area contributed by atoms with Gasteiger partial charge in [-0.2, -0.15) is 0 Å². The van der Waals surface area contributed by atoms with E-state index >= 15 is 0 Å². The summed E-state index contributed by atoms with van der Waals surface area (Å²) in [5.74, 6) is 2.16. The van der Waals surface area contributed by atoms with Crippen molar-refractivity contribution in [2.75, 3.05) is 36.4 Å². The molecular formula is C23H22N8O. The van der Waals surface area contributed by atoms with Crippen LogP contribution in [0.3, 0.4) is 0 Å². The van der Waals surface area contributed by atoms with Crippen LogP contribution in [-0.2, 0) is 0 Å². The minimum absolute atomic E-state index is 0.00781. The average Bonchev–Trinajstić information content (AvgIpc) is 2.85. The number of hydrogen-bond acceptors (Lipinski definition) is 8. The van der Waals surface area contributed by atoms with Crippen molar-refractivity contribution >= 4 is 34.4 Å². The Balaban J connectivity index is 1.20. The van der Waals surface area contributed by atoms with Gasteiger partial charge in [-0.05, 0) is 48.9 Å². The fraction of sp³-hybridized carbons (Fsp3) is 0.217. The number of rotatable bonds is 4. The molecule has 1 fully saturated rings. The van der Waals surface area contributed by atoms with Gasteiger partial charge in [-0.3, -0.25) is 14.8 Å². The zero-order valence-corrected chi connectivity index (χ0v) is 17.6. The third-order valence-electron chi connectivity index (χ3n) is 5.43. The highest BCUT2D eigenvalue weighted by molar-refractivity contribution is 5.97. The van der Waals surface area contributed by atoms with Gasteiger partial charge in [0.2, 0.25) is 0 Å². The van der Waals surface area contributed by atoms with Crippen LogP contribution in [-0.4, -0.2) is 62.1 Å². The molecule has 3 aromatic heterocycles. The Labute approximate surface area is 185 Å². The molecule has 9 nitrogen and oxygen atoms in total. The number of amides is 1. The molecule has 0 unspecified atom stereocenters. The predicted octanol–water partition coefficient (Wildman–Crippen LogP) is 2.83. The number of nitrogens with zero attached hydrogens (tertiary/aromatic N) is 7. The summed E-state index contributed by atoms with van der Waals surface area (Å²) >= 11 is 0. The van der Waals surface area contributed by atoms with E-state index in [0.717, 1.165) is 28.2 Å². The fourth-order valence-corrected chi connectivity index (χ4v) is 3.65. The first-order valence-corrected chi connectivity index (χ1v) is 10.4. The maximum atomic E-state index is 12.9. The van der Waals surface area contributed by atoms with Crippen molar-refractivity contribution in [2.24, 2.45) is 0 Å². The Morgan fingerprint density at radius 3 is 2.34 bits per heavy atom. The van der Waals surface area contributed by atoms with E-state index in [1.807, 2.05) is 48.2 Å². The highest BCUT2D eigenvalue weighted by Crippen LogP contribution is 2.18. The van der Waals surface area contributed by atoms with Gasteiger partial charge in [0.05, 0.1) is 11.0 Å². The summed E-state index contributed by atoms with van der Waals surface area (Å²) in [5.41, 5.74) is 3.24. The lowest BCUT2D eigenvalue weighted by molar-refractivity contribution is 0.0746. The Hall–Kier alpha value is -4.14. The van der Waals surface area contributed by atoms with Gasteiger partial charge in [0, 0.05) is 50.3 Å². The first-order chi connectivity index (χ1) is 15.7. The molecule has 0 saturated carbocycles. The number of anilines is 3. The molecule has 0 atom stereocenters. The molecule has 1 amide bonds. The van der Waals surface area contributed by atoms with Crippen molar-refractivity contribution in [2.45, 2.75) is 6.92 Å². The summed E-state index contributed by atoms with van der Waals surface area (Å²) in [4.78, 5) is 29.8. The minimum atomic E-state index is 0.00781. The summed E-state index contributed by atoms with van der Waals surface area (Å²) in [7, 11) is 0. The second kappa shape index (κ2) is 8.54. The molecule has 0 aliphatic carbocycles. The summed E-state index contributed by atoms with van der Waals surface area (Å²) in [6.45, 7) is 4.62. The number of pyridine rings is 1. The largest absolute Gasteiger partial charge is 0.352 e. The van der Waals surface area contributed by atoms with Crippen molar-refractivity contribution in [1.82, 2.24) is 30.0 Å². The van der Waals surface area contributed by atoms with Gasteiger partial charge in [0.15, 0.2) is 11.6 Å². The Kier molecular flexibility index (Phi) is 5.29. The maximum Gasteiger partial charge on any atom is 0.254 e. The zero-order valence-electron chi connectivity index (χ0n) is 17.6. The molecule has 5 rings (SSSR count). The van der Waals surface area contributed by atoms with Gasteiger partial charge in [0.25, 0.3) is 5.91 Å². The van der Waals surface area contributed by atoms with Gasteiger partial charge >= 0.3 is 0 Å². The van der Waals surface area contributed by atoms with Gasteiger partial charge in [-0.15, -0.1) is 10.2 Å². The fourth-order valence-electron chi connectivity index (χ4n) is 3.65. The van der Waals surface area contributed by atoms with E-state index in [1.54, 1.807) is 24.7 Å². The topological polar surface area (TPSA) is 100 Å². The number of piperazine rings is 1. The SMILES string of the molecule is Cc1ccc(Nc2ccc(N3CCN(C(=O)c4ccc5nccnc5c4)CC3)nn2)nc1. The number of hydrogen-bond donors (Lipinski definition) is 1. The Bertz CT molecular complexity index is 1240. The molecule has 4 heterocycles. The van der Waals surface area contributed by atoms with Crippen LogP contribution in [0.15, 0.2) is 61.1 Å². The van der Waals surface area contributed by atoms with Crippen LogP contribution < -0.4 is 10.2 Å². The molecule has 0 radical (unpaired) electrons. The van der Waals surface area contributed by atoms with E-state index < -0.39 is 0 Å². The highest BCUT2D eigenvalue weighted by Gasteiger charge is 2.23. The number of fused-ring (bicyclic) bond motifs is 1. The van der Waals surface area contributed by atoms with Gasteiger partial charge in [0.1, 0.15) is 5.82 Å². The second-order valence-electron chi connectivity index (χ2n) is 7.66. The summed E-state index contributed by atoms with van der Waals surface area (Å²) in [6.07, 6.45) is 5.08. The van der Waals surface area contributed by atoms with Crippen LogP contribution in [0.4, 0.5) is 17.5 Å². The van der Waals surface area contributed by atoms with Crippen LogP contribution >= 0.6 is 0 Å². The highest BCUT2D eigenvalue weighted by atomic mass is 16.2. The van der Waals surface area contributed by atoms with Gasteiger partial charge < -0.3 is 15.1 Å². The molecule has 1 N–H and O–H groups in total. The first kappa shape index (κ1) is 19.8. The van der Waals surface area contributed by atoms with E-state index in [2.05, 4.69) is 35.4 Å². The van der Waals surface area contributed by atoms with Crippen LogP contribution in [0.1, 0.15) is 15.9 Å². The van der Waals surface area contributed by atoms with E-state index in [9.17, 15) is 4.79 Å². The lowest BCUT2D eigenvalue weighted by atomic mass is 10.1. The number of aromatic nitrogens is 5. The van der Waals surface area contributed by atoms with Crippen molar-refractivity contribution in [1.29, 1.82) is 0 Å². The summed E-state index contributed by atoms with van der Waals surface area (Å²) < 4.78 is 0.